The molecule has 0 amide bonds. The number of hydrogen-bond acceptors (Lipinski definition) is 5. The van der Waals surface area contributed by atoms with Gasteiger partial charge in [0.1, 0.15) is 11.5 Å². The molecule has 0 aliphatic rings. The summed E-state index contributed by atoms with van der Waals surface area (Å²) in [6.45, 7) is -0.555. The SMILES string of the molecule is COc1cc(OCC(=O)O)c(C(=O)/C=C/c2cccc(Cl)c2)cc1SC. The van der Waals surface area contributed by atoms with Gasteiger partial charge < -0.3 is 14.6 Å². The average Bonchev–Trinajstić information content (AvgIpc) is 2.63. The summed E-state index contributed by atoms with van der Waals surface area (Å²) < 4.78 is 10.5. The molecule has 0 heterocycles. The van der Waals surface area contributed by atoms with Crippen LogP contribution in [-0.4, -0.2) is 36.8 Å². The molecule has 0 radical (unpaired) electrons. The van der Waals surface area contributed by atoms with Crippen LogP contribution in [0.2, 0.25) is 5.02 Å². The Labute approximate surface area is 160 Å². The first kappa shape index (κ1) is 19.9. The van der Waals surface area contributed by atoms with Gasteiger partial charge in [0.05, 0.1) is 17.6 Å². The largest absolute Gasteiger partial charge is 0.495 e. The van der Waals surface area contributed by atoms with E-state index in [2.05, 4.69) is 0 Å². The van der Waals surface area contributed by atoms with E-state index in [4.69, 9.17) is 26.2 Å². The molecular weight excluding hydrogens is 376 g/mol. The number of allylic oxidation sites excluding steroid dienone is 1. The monoisotopic (exact) mass is 392 g/mol. The van der Waals surface area contributed by atoms with Crippen LogP contribution in [0.4, 0.5) is 0 Å². The van der Waals surface area contributed by atoms with Crippen molar-refractivity contribution < 1.29 is 24.2 Å². The van der Waals surface area contributed by atoms with Crippen molar-refractivity contribution in [3.05, 3.63) is 58.6 Å². The van der Waals surface area contributed by atoms with E-state index >= 15 is 0 Å². The molecule has 0 bridgehead atoms. The maximum Gasteiger partial charge on any atom is 0.341 e. The van der Waals surface area contributed by atoms with Gasteiger partial charge in [0, 0.05) is 11.1 Å². The summed E-state index contributed by atoms with van der Waals surface area (Å²) in [6, 6.07) is 10.2. The Morgan fingerprint density at radius 3 is 2.62 bits per heavy atom. The molecule has 136 valence electrons. The van der Waals surface area contributed by atoms with E-state index in [1.807, 2.05) is 12.3 Å². The first-order valence-corrected chi connectivity index (χ1v) is 9.13. The number of carbonyl (C=O) groups excluding carboxylic acids is 1. The zero-order valence-corrected chi connectivity index (χ0v) is 15.8. The summed E-state index contributed by atoms with van der Waals surface area (Å²) in [7, 11) is 1.50. The molecule has 1 N–H and O–H groups in total. The van der Waals surface area contributed by atoms with E-state index < -0.39 is 12.6 Å². The zero-order valence-electron chi connectivity index (χ0n) is 14.2. The number of aliphatic carboxylic acids is 1. The Balaban J connectivity index is 2.37. The highest BCUT2D eigenvalue weighted by atomic mass is 35.5. The highest BCUT2D eigenvalue weighted by Gasteiger charge is 2.16. The number of ketones is 1. The van der Waals surface area contributed by atoms with Crippen molar-refractivity contribution in [2.75, 3.05) is 20.0 Å². The van der Waals surface area contributed by atoms with Gasteiger partial charge >= 0.3 is 5.97 Å². The van der Waals surface area contributed by atoms with Gasteiger partial charge in [-0.05, 0) is 36.1 Å². The molecule has 2 rings (SSSR count). The molecule has 0 spiro atoms. The molecule has 0 aliphatic heterocycles. The van der Waals surface area contributed by atoms with Gasteiger partial charge in [-0.3, -0.25) is 4.79 Å². The Hall–Kier alpha value is -2.44. The summed E-state index contributed by atoms with van der Waals surface area (Å²) in [5.74, 6) is -0.787. The molecule has 0 saturated carbocycles. The van der Waals surface area contributed by atoms with Crippen LogP contribution in [0.1, 0.15) is 15.9 Å². The van der Waals surface area contributed by atoms with Crippen LogP contribution in [0.5, 0.6) is 11.5 Å². The fraction of sp³-hybridized carbons (Fsp3) is 0.158. The van der Waals surface area contributed by atoms with Crippen molar-refractivity contribution in [3.63, 3.8) is 0 Å². The van der Waals surface area contributed by atoms with E-state index in [0.717, 1.165) is 10.5 Å². The predicted molar refractivity (Wildman–Crippen MR) is 103 cm³/mol. The number of hydrogen-bond donors (Lipinski definition) is 1. The molecule has 7 heteroatoms. The number of methoxy groups -OCH3 is 1. The summed E-state index contributed by atoms with van der Waals surface area (Å²) in [5.41, 5.74) is 1.03. The number of ether oxygens (including phenoxy) is 2. The topological polar surface area (TPSA) is 72.8 Å². The molecule has 0 fully saturated rings. The number of halogens is 1. The lowest BCUT2D eigenvalue weighted by Crippen LogP contribution is -2.12. The van der Waals surface area contributed by atoms with E-state index in [1.54, 1.807) is 30.3 Å². The highest BCUT2D eigenvalue weighted by Crippen LogP contribution is 2.35. The number of benzene rings is 2. The highest BCUT2D eigenvalue weighted by molar-refractivity contribution is 7.98. The van der Waals surface area contributed by atoms with Gasteiger partial charge in [-0.15, -0.1) is 11.8 Å². The first-order chi connectivity index (χ1) is 12.4. The molecule has 2 aromatic rings. The van der Waals surface area contributed by atoms with Crippen LogP contribution in [0, 0.1) is 0 Å². The van der Waals surface area contributed by atoms with E-state index in [1.165, 1.54) is 31.0 Å². The second-order valence-corrected chi connectivity index (χ2v) is 6.42. The quantitative estimate of drug-likeness (QED) is 0.407. The lowest BCUT2D eigenvalue weighted by atomic mass is 10.1. The summed E-state index contributed by atoms with van der Waals surface area (Å²) in [4.78, 5) is 24.2. The Kier molecular flexibility index (Phi) is 7.12. The van der Waals surface area contributed by atoms with Gasteiger partial charge in [0.15, 0.2) is 12.4 Å². The van der Waals surface area contributed by atoms with Gasteiger partial charge in [0.2, 0.25) is 0 Å². The molecule has 0 unspecified atom stereocenters. The second kappa shape index (κ2) is 9.31. The van der Waals surface area contributed by atoms with Crippen molar-refractivity contribution in [3.8, 4) is 11.5 Å². The summed E-state index contributed by atoms with van der Waals surface area (Å²) >= 11 is 7.35. The van der Waals surface area contributed by atoms with E-state index in [9.17, 15) is 9.59 Å². The van der Waals surface area contributed by atoms with Gasteiger partial charge in [-0.25, -0.2) is 4.79 Å². The number of carboxylic acid groups (broad SMARTS) is 1. The first-order valence-electron chi connectivity index (χ1n) is 7.53. The van der Waals surface area contributed by atoms with Crippen LogP contribution in [0.25, 0.3) is 6.08 Å². The summed E-state index contributed by atoms with van der Waals surface area (Å²) in [5, 5.41) is 9.41. The van der Waals surface area contributed by atoms with Crippen LogP contribution in [-0.2, 0) is 4.79 Å². The molecule has 2 aromatic carbocycles. The maximum atomic E-state index is 12.6. The number of carbonyl (C=O) groups is 2. The minimum absolute atomic E-state index is 0.155. The zero-order chi connectivity index (χ0) is 19.1. The number of thioether (sulfide) groups is 1. The average molecular weight is 393 g/mol. The van der Waals surface area contributed by atoms with Crippen LogP contribution < -0.4 is 9.47 Å². The molecule has 0 aromatic heterocycles. The van der Waals surface area contributed by atoms with Crippen molar-refractivity contribution >= 4 is 41.2 Å². The minimum atomic E-state index is -1.13. The fourth-order valence-corrected chi connectivity index (χ4v) is 2.96. The molecule has 0 saturated heterocycles. The van der Waals surface area contributed by atoms with Crippen molar-refractivity contribution in [1.29, 1.82) is 0 Å². The van der Waals surface area contributed by atoms with Crippen molar-refractivity contribution in [2.24, 2.45) is 0 Å². The third kappa shape index (κ3) is 5.28. The van der Waals surface area contributed by atoms with Gasteiger partial charge in [-0.2, -0.15) is 0 Å². The van der Waals surface area contributed by atoms with E-state index in [-0.39, 0.29) is 17.1 Å². The molecule has 5 nitrogen and oxygen atoms in total. The molecule has 26 heavy (non-hydrogen) atoms. The molecule has 0 aliphatic carbocycles. The third-order valence-electron chi connectivity index (χ3n) is 3.38. The van der Waals surface area contributed by atoms with Crippen molar-refractivity contribution in [2.45, 2.75) is 4.90 Å². The minimum Gasteiger partial charge on any atom is -0.495 e. The standard InChI is InChI=1S/C19H17ClO5S/c1-24-17-10-16(25-11-19(22)23)14(9-18(17)26-2)15(21)7-6-12-4-3-5-13(20)8-12/h3-10H,11H2,1-2H3,(H,22,23)/b7-6+. The fourth-order valence-electron chi connectivity index (χ4n) is 2.18. The summed E-state index contributed by atoms with van der Waals surface area (Å²) in [6.07, 6.45) is 4.88. The Bertz CT molecular complexity index is 848. The van der Waals surface area contributed by atoms with Crippen LogP contribution >= 0.6 is 23.4 Å². The van der Waals surface area contributed by atoms with Crippen LogP contribution in [0.3, 0.4) is 0 Å². The van der Waals surface area contributed by atoms with Crippen molar-refractivity contribution in [1.82, 2.24) is 0 Å². The number of carboxylic acids is 1. The van der Waals surface area contributed by atoms with Crippen LogP contribution in [0.15, 0.2) is 47.4 Å². The number of rotatable bonds is 8. The predicted octanol–water partition coefficient (Wildman–Crippen LogP) is 4.43. The second-order valence-electron chi connectivity index (χ2n) is 5.14. The van der Waals surface area contributed by atoms with Gasteiger partial charge in [0.25, 0.3) is 0 Å². The normalized spacial score (nSPS) is 10.7. The lowest BCUT2D eigenvalue weighted by Gasteiger charge is -2.13. The third-order valence-corrected chi connectivity index (χ3v) is 4.37. The Morgan fingerprint density at radius 2 is 2.00 bits per heavy atom. The Morgan fingerprint density at radius 1 is 1.23 bits per heavy atom. The molecular formula is C19H17ClO5S. The lowest BCUT2D eigenvalue weighted by molar-refractivity contribution is -0.139. The van der Waals surface area contributed by atoms with Gasteiger partial charge in [-0.1, -0.05) is 29.8 Å². The maximum absolute atomic E-state index is 12.6. The smallest absolute Gasteiger partial charge is 0.341 e. The van der Waals surface area contributed by atoms with E-state index in [0.29, 0.717) is 10.8 Å². The molecule has 0 atom stereocenters.